The van der Waals surface area contributed by atoms with E-state index in [1.165, 1.54) is 0 Å². The molecule has 3 unspecified atom stereocenters. The Hall–Kier alpha value is -2.32. The quantitative estimate of drug-likeness (QED) is 0.744. The highest BCUT2D eigenvalue weighted by molar-refractivity contribution is 6.05. The van der Waals surface area contributed by atoms with E-state index in [0.29, 0.717) is 38.0 Å². The monoisotopic (exact) mass is 388 g/mol. The van der Waals surface area contributed by atoms with Crippen LogP contribution < -0.4 is 11.1 Å². The predicted octanol–water partition coefficient (Wildman–Crippen LogP) is 0.709. The minimum absolute atomic E-state index is 0.180. The van der Waals surface area contributed by atoms with Gasteiger partial charge >= 0.3 is 0 Å². The minimum atomic E-state index is -1.03. The third-order valence-corrected chi connectivity index (χ3v) is 5.90. The second kappa shape index (κ2) is 7.60. The molecule has 0 aliphatic carbocycles. The molecular formula is C20H25FN4O3. The number of imide groups is 1. The van der Waals surface area contributed by atoms with Gasteiger partial charge in [0.05, 0.1) is 0 Å². The Kier molecular flexibility index (Phi) is 5.16. The number of nitrogens with one attached hydrogen (secondary N) is 1. The molecule has 0 radical (unpaired) electrons. The van der Waals surface area contributed by atoms with E-state index >= 15 is 0 Å². The smallest absolute Gasteiger partial charge is 0.255 e. The zero-order chi connectivity index (χ0) is 19.8. The van der Waals surface area contributed by atoms with Gasteiger partial charge in [0.2, 0.25) is 11.8 Å². The summed E-state index contributed by atoms with van der Waals surface area (Å²) < 4.78 is 14.1. The van der Waals surface area contributed by atoms with Crippen molar-refractivity contribution in [3.63, 3.8) is 0 Å². The first-order valence-electron chi connectivity index (χ1n) is 9.81. The average Bonchev–Trinajstić information content (AvgIpc) is 2.88. The first-order chi connectivity index (χ1) is 13.4. The molecule has 3 atom stereocenters. The van der Waals surface area contributed by atoms with Crippen LogP contribution in [-0.2, 0) is 22.7 Å². The molecule has 3 aliphatic heterocycles. The van der Waals surface area contributed by atoms with Gasteiger partial charge in [-0.15, -0.1) is 0 Å². The van der Waals surface area contributed by atoms with Gasteiger partial charge in [-0.25, -0.2) is 4.39 Å². The predicted molar refractivity (Wildman–Crippen MR) is 99.9 cm³/mol. The Morgan fingerprint density at radius 2 is 2.04 bits per heavy atom. The summed E-state index contributed by atoms with van der Waals surface area (Å²) in [6.07, 6.45) is 1.12. The summed E-state index contributed by atoms with van der Waals surface area (Å²) in [5, 5.41) is 2.31. The number of benzene rings is 1. The summed E-state index contributed by atoms with van der Waals surface area (Å²) in [5.74, 6) is -0.885. The van der Waals surface area contributed by atoms with Crippen molar-refractivity contribution < 1.29 is 18.8 Å². The standard InChI is InChI=1S/C20H25FN4O3/c21-15-11-24(7-1-2-16(15)22)9-12-3-4-14-13(8-12)10-25(20(14)28)17-5-6-18(26)23-19(17)27/h3-4,8,15-17H,1-2,5-7,9-11,22H2,(H,23,26,27). The first kappa shape index (κ1) is 19.0. The molecule has 3 aliphatic rings. The van der Waals surface area contributed by atoms with Crippen molar-refractivity contribution in [2.45, 2.75) is 57.0 Å². The number of carbonyl (C=O) groups is 3. The van der Waals surface area contributed by atoms with Crippen molar-refractivity contribution in [2.75, 3.05) is 13.1 Å². The number of rotatable bonds is 3. The summed E-state index contributed by atoms with van der Waals surface area (Å²) in [6, 6.07) is 4.64. The fraction of sp³-hybridized carbons (Fsp3) is 0.550. The van der Waals surface area contributed by atoms with Gasteiger partial charge in [-0.1, -0.05) is 12.1 Å². The van der Waals surface area contributed by atoms with E-state index in [0.717, 1.165) is 24.1 Å². The van der Waals surface area contributed by atoms with Crippen LogP contribution in [0, 0.1) is 0 Å². The highest BCUT2D eigenvalue weighted by Gasteiger charge is 2.39. The molecule has 2 fully saturated rings. The molecular weight excluding hydrogens is 363 g/mol. The maximum Gasteiger partial charge on any atom is 0.255 e. The third kappa shape index (κ3) is 3.66. The number of hydrogen-bond donors (Lipinski definition) is 2. The molecule has 0 spiro atoms. The molecule has 0 bridgehead atoms. The fourth-order valence-corrected chi connectivity index (χ4v) is 4.33. The number of fused-ring (bicyclic) bond motifs is 1. The van der Waals surface area contributed by atoms with Gasteiger partial charge in [-0.2, -0.15) is 0 Å². The van der Waals surface area contributed by atoms with E-state index in [-0.39, 0.29) is 18.2 Å². The van der Waals surface area contributed by atoms with Gasteiger partial charge in [0, 0.05) is 37.7 Å². The number of amides is 3. The second-order valence-corrected chi connectivity index (χ2v) is 7.95. The number of hydrogen-bond acceptors (Lipinski definition) is 5. The summed E-state index contributed by atoms with van der Waals surface area (Å²) in [5.41, 5.74) is 8.31. The van der Waals surface area contributed by atoms with E-state index < -0.39 is 24.2 Å². The number of nitrogens with zero attached hydrogens (tertiary/aromatic N) is 2. The molecule has 1 aromatic carbocycles. The van der Waals surface area contributed by atoms with Crippen LogP contribution in [0.3, 0.4) is 0 Å². The lowest BCUT2D eigenvalue weighted by molar-refractivity contribution is -0.136. The molecule has 28 heavy (non-hydrogen) atoms. The van der Waals surface area contributed by atoms with Gasteiger partial charge in [0.15, 0.2) is 0 Å². The lowest BCUT2D eigenvalue weighted by atomic mass is 10.0. The summed E-state index contributed by atoms with van der Waals surface area (Å²) in [7, 11) is 0. The summed E-state index contributed by atoms with van der Waals surface area (Å²) in [6.45, 7) is 2.07. The third-order valence-electron chi connectivity index (χ3n) is 5.90. The molecule has 1 aromatic rings. The van der Waals surface area contributed by atoms with Crippen LogP contribution >= 0.6 is 0 Å². The van der Waals surface area contributed by atoms with E-state index in [1.54, 1.807) is 11.0 Å². The molecule has 2 saturated heterocycles. The van der Waals surface area contributed by atoms with Crippen LogP contribution in [0.4, 0.5) is 4.39 Å². The Labute approximate surface area is 163 Å². The maximum absolute atomic E-state index is 14.1. The van der Waals surface area contributed by atoms with Crippen LogP contribution in [0.1, 0.15) is 47.2 Å². The van der Waals surface area contributed by atoms with Gasteiger partial charge < -0.3 is 10.6 Å². The SMILES string of the molecule is NC1CCCN(Cc2ccc3c(c2)CN(C2CCC(=O)NC2=O)C3=O)CC1F. The van der Waals surface area contributed by atoms with Crippen LogP contribution in [-0.4, -0.2) is 58.9 Å². The van der Waals surface area contributed by atoms with Crippen LogP contribution in [0.2, 0.25) is 0 Å². The molecule has 8 heteroatoms. The average molecular weight is 388 g/mol. The second-order valence-electron chi connectivity index (χ2n) is 7.95. The van der Waals surface area contributed by atoms with Crippen LogP contribution in [0.15, 0.2) is 18.2 Å². The van der Waals surface area contributed by atoms with Crippen molar-refractivity contribution in [1.29, 1.82) is 0 Å². The van der Waals surface area contributed by atoms with Crippen molar-refractivity contribution in [1.82, 2.24) is 15.1 Å². The number of nitrogens with two attached hydrogens (primary N) is 1. The Morgan fingerprint density at radius 3 is 2.82 bits per heavy atom. The highest BCUT2D eigenvalue weighted by atomic mass is 19.1. The lowest BCUT2D eigenvalue weighted by Gasteiger charge is -2.29. The van der Waals surface area contributed by atoms with Crippen molar-refractivity contribution >= 4 is 17.7 Å². The number of carbonyl (C=O) groups excluding carboxylic acids is 3. The van der Waals surface area contributed by atoms with Gasteiger partial charge in [0.1, 0.15) is 12.2 Å². The lowest BCUT2D eigenvalue weighted by Crippen LogP contribution is -2.52. The normalized spacial score (nSPS) is 28.9. The van der Waals surface area contributed by atoms with Crippen molar-refractivity contribution in [3.05, 3.63) is 34.9 Å². The molecule has 0 saturated carbocycles. The highest BCUT2D eigenvalue weighted by Crippen LogP contribution is 2.28. The zero-order valence-corrected chi connectivity index (χ0v) is 15.7. The zero-order valence-electron chi connectivity index (χ0n) is 15.7. The van der Waals surface area contributed by atoms with E-state index in [4.69, 9.17) is 5.73 Å². The minimum Gasteiger partial charge on any atom is -0.325 e. The van der Waals surface area contributed by atoms with Crippen LogP contribution in [0.5, 0.6) is 0 Å². The first-order valence-corrected chi connectivity index (χ1v) is 9.81. The molecule has 3 amide bonds. The topological polar surface area (TPSA) is 95.7 Å². The molecule has 7 nitrogen and oxygen atoms in total. The Morgan fingerprint density at radius 1 is 1.21 bits per heavy atom. The van der Waals surface area contributed by atoms with Gasteiger partial charge in [-0.3, -0.25) is 24.6 Å². The van der Waals surface area contributed by atoms with E-state index in [9.17, 15) is 18.8 Å². The fourth-order valence-electron chi connectivity index (χ4n) is 4.33. The largest absolute Gasteiger partial charge is 0.325 e. The molecule has 4 rings (SSSR count). The summed E-state index contributed by atoms with van der Waals surface area (Å²) >= 11 is 0. The number of halogens is 1. The van der Waals surface area contributed by atoms with Gasteiger partial charge in [-0.05, 0) is 43.0 Å². The van der Waals surface area contributed by atoms with Crippen LogP contribution in [0.25, 0.3) is 0 Å². The van der Waals surface area contributed by atoms with Crippen molar-refractivity contribution in [3.8, 4) is 0 Å². The van der Waals surface area contributed by atoms with E-state index in [1.807, 2.05) is 12.1 Å². The maximum atomic E-state index is 14.1. The van der Waals surface area contributed by atoms with Crippen molar-refractivity contribution in [2.24, 2.45) is 5.73 Å². The van der Waals surface area contributed by atoms with E-state index in [2.05, 4.69) is 10.2 Å². The Bertz CT molecular complexity index is 815. The molecule has 0 aromatic heterocycles. The van der Waals surface area contributed by atoms with Gasteiger partial charge in [0.25, 0.3) is 5.91 Å². The Balaban J connectivity index is 1.46. The molecule has 3 heterocycles. The number of piperidine rings is 1. The molecule has 150 valence electrons. The molecule has 3 N–H and O–H groups in total. The summed E-state index contributed by atoms with van der Waals surface area (Å²) in [4.78, 5) is 39.8. The number of alkyl halides is 1. The number of likely N-dealkylation sites (tertiary alicyclic amines) is 1.